The Kier molecular flexibility index (Phi) is 5.57. The molecule has 0 aromatic carbocycles. The van der Waals surface area contributed by atoms with Gasteiger partial charge in [0.1, 0.15) is 18.5 Å². The van der Waals surface area contributed by atoms with Crippen LogP contribution in [0.1, 0.15) is 12.6 Å². The summed E-state index contributed by atoms with van der Waals surface area (Å²) in [6, 6.07) is 3.96. The first-order chi connectivity index (χ1) is 9.28. The Morgan fingerprint density at radius 3 is 3.11 bits per heavy atom. The van der Waals surface area contributed by atoms with Crippen molar-refractivity contribution in [2.75, 3.05) is 39.9 Å². The van der Waals surface area contributed by atoms with Gasteiger partial charge in [-0.1, -0.05) is 6.92 Å². The van der Waals surface area contributed by atoms with E-state index in [1.807, 2.05) is 12.1 Å². The maximum atomic E-state index is 5.72. The zero-order valence-corrected chi connectivity index (χ0v) is 11.8. The van der Waals surface area contributed by atoms with Crippen molar-refractivity contribution >= 4 is 0 Å². The number of morpholine rings is 1. The molecule has 5 heteroatoms. The third-order valence-corrected chi connectivity index (χ3v) is 3.13. The molecule has 19 heavy (non-hydrogen) atoms. The first-order valence-corrected chi connectivity index (χ1v) is 6.86. The van der Waals surface area contributed by atoms with Crippen LogP contribution in [0.25, 0.3) is 0 Å². The minimum absolute atomic E-state index is 0.153. The van der Waals surface area contributed by atoms with Gasteiger partial charge < -0.3 is 19.7 Å². The molecular formula is C14H23N3O2. The second kappa shape index (κ2) is 7.43. The van der Waals surface area contributed by atoms with Gasteiger partial charge in [-0.15, -0.1) is 0 Å². The standard InChI is InChI=1S/C14H23N3O2/c1-3-15-8-12-4-5-13(9-16-12)19-11-14-10-17(2)6-7-18-14/h4-5,9,14-15H,3,6-8,10-11H2,1-2H3. The predicted octanol–water partition coefficient (Wildman–Crippen LogP) is 0.900. The van der Waals surface area contributed by atoms with Gasteiger partial charge in [0.05, 0.1) is 18.5 Å². The van der Waals surface area contributed by atoms with Gasteiger partial charge >= 0.3 is 0 Å². The molecule has 0 saturated carbocycles. The molecule has 0 spiro atoms. The van der Waals surface area contributed by atoms with Crippen LogP contribution in [0.3, 0.4) is 0 Å². The van der Waals surface area contributed by atoms with E-state index in [4.69, 9.17) is 9.47 Å². The van der Waals surface area contributed by atoms with Crippen molar-refractivity contribution in [3.63, 3.8) is 0 Å². The average Bonchev–Trinajstić information content (AvgIpc) is 2.44. The number of hydrogen-bond donors (Lipinski definition) is 1. The van der Waals surface area contributed by atoms with Crippen LogP contribution in [-0.2, 0) is 11.3 Å². The molecule has 5 nitrogen and oxygen atoms in total. The van der Waals surface area contributed by atoms with Crippen LogP contribution < -0.4 is 10.1 Å². The second-order valence-electron chi connectivity index (χ2n) is 4.83. The van der Waals surface area contributed by atoms with Gasteiger partial charge in [0.15, 0.2) is 0 Å². The first-order valence-electron chi connectivity index (χ1n) is 6.86. The van der Waals surface area contributed by atoms with Crippen molar-refractivity contribution < 1.29 is 9.47 Å². The molecule has 1 aromatic heterocycles. The van der Waals surface area contributed by atoms with Gasteiger partial charge in [-0.3, -0.25) is 4.98 Å². The van der Waals surface area contributed by atoms with Gasteiger partial charge in [0.25, 0.3) is 0 Å². The number of pyridine rings is 1. The van der Waals surface area contributed by atoms with Crippen LogP contribution >= 0.6 is 0 Å². The molecule has 2 rings (SSSR count). The van der Waals surface area contributed by atoms with Crippen LogP contribution in [0.15, 0.2) is 18.3 Å². The van der Waals surface area contributed by atoms with Gasteiger partial charge in [0.2, 0.25) is 0 Å². The van der Waals surface area contributed by atoms with E-state index in [0.29, 0.717) is 6.61 Å². The highest BCUT2D eigenvalue weighted by molar-refractivity contribution is 5.19. The lowest BCUT2D eigenvalue weighted by Crippen LogP contribution is -2.42. The lowest BCUT2D eigenvalue weighted by atomic mass is 10.3. The minimum atomic E-state index is 0.153. The molecule has 0 bridgehead atoms. The minimum Gasteiger partial charge on any atom is -0.489 e. The van der Waals surface area contributed by atoms with E-state index >= 15 is 0 Å². The summed E-state index contributed by atoms with van der Waals surface area (Å²) < 4.78 is 11.4. The Bertz CT molecular complexity index is 369. The van der Waals surface area contributed by atoms with Crippen LogP contribution in [0.5, 0.6) is 5.75 Å². The smallest absolute Gasteiger partial charge is 0.137 e. The summed E-state index contributed by atoms with van der Waals surface area (Å²) in [5, 5.41) is 3.24. The summed E-state index contributed by atoms with van der Waals surface area (Å²) in [4.78, 5) is 6.62. The van der Waals surface area contributed by atoms with E-state index in [2.05, 4.69) is 29.2 Å². The highest BCUT2D eigenvalue weighted by Crippen LogP contribution is 2.11. The fourth-order valence-electron chi connectivity index (χ4n) is 2.01. The third-order valence-electron chi connectivity index (χ3n) is 3.13. The zero-order valence-electron chi connectivity index (χ0n) is 11.8. The number of aromatic nitrogens is 1. The van der Waals surface area contributed by atoms with Crippen LogP contribution in [0, 0.1) is 0 Å². The molecule has 1 N–H and O–H groups in total. The highest BCUT2D eigenvalue weighted by atomic mass is 16.5. The van der Waals surface area contributed by atoms with E-state index in [-0.39, 0.29) is 6.10 Å². The summed E-state index contributed by atoms with van der Waals surface area (Å²) in [7, 11) is 2.10. The Morgan fingerprint density at radius 2 is 2.42 bits per heavy atom. The van der Waals surface area contributed by atoms with Crippen molar-refractivity contribution in [3.8, 4) is 5.75 Å². The number of likely N-dealkylation sites (N-methyl/N-ethyl adjacent to an activating group) is 1. The molecule has 1 atom stereocenters. The van der Waals surface area contributed by atoms with Crippen molar-refractivity contribution in [1.82, 2.24) is 15.2 Å². The summed E-state index contributed by atoms with van der Waals surface area (Å²) in [5.74, 6) is 0.803. The molecule has 1 saturated heterocycles. The van der Waals surface area contributed by atoms with Crippen molar-refractivity contribution in [3.05, 3.63) is 24.0 Å². The van der Waals surface area contributed by atoms with E-state index < -0.39 is 0 Å². The molecule has 0 aliphatic carbocycles. The van der Waals surface area contributed by atoms with E-state index in [9.17, 15) is 0 Å². The molecule has 106 valence electrons. The van der Waals surface area contributed by atoms with Gasteiger partial charge in [-0.25, -0.2) is 0 Å². The molecule has 1 aromatic rings. The summed E-state index contributed by atoms with van der Waals surface area (Å²) in [5.41, 5.74) is 1.03. The Hall–Kier alpha value is -1.17. The van der Waals surface area contributed by atoms with Gasteiger partial charge in [0, 0.05) is 19.6 Å². The first kappa shape index (κ1) is 14.2. The van der Waals surface area contributed by atoms with Crippen molar-refractivity contribution in [2.24, 2.45) is 0 Å². The Labute approximate surface area is 114 Å². The normalized spacial score (nSPS) is 20.4. The van der Waals surface area contributed by atoms with Crippen LogP contribution in [-0.4, -0.2) is 55.9 Å². The number of nitrogens with one attached hydrogen (secondary N) is 1. The Balaban J connectivity index is 1.76. The maximum Gasteiger partial charge on any atom is 0.137 e. The lowest BCUT2D eigenvalue weighted by molar-refractivity contribution is -0.0404. The van der Waals surface area contributed by atoms with Crippen molar-refractivity contribution in [1.29, 1.82) is 0 Å². The quantitative estimate of drug-likeness (QED) is 0.828. The lowest BCUT2D eigenvalue weighted by Gasteiger charge is -2.29. The number of hydrogen-bond acceptors (Lipinski definition) is 5. The summed E-state index contributed by atoms with van der Waals surface area (Å²) in [6.07, 6.45) is 1.93. The molecule has 2 heterocycles. The number of rotatable bonds is 6. The van der Waals surface area contributed by atoms with E-state index in [1.54, 1.807) is 6.20 Å². The van der Waals surface area contributed by atoms with Crippen molar-refractivity contribution in [2.45, 2.75) is 19.6 Å². The molecule has 0 amide bonds. The highest BCUT2D eigenvalue weighted by Gasteiger charge is 2.18. The molecular weight excluding hydrogens is 242 g/mol. The Morgan fingerprint density at radius 1 is 1.53 bits per heavy atom. The molecule has 1 unspecified atom stereocenters. The fraction of sp³-hybridized carbons (Fsp3) is 0.643. The number of nitrogens with zero attached hydrogens (tertiary/aromatic N) is 2. The third kappa shape index (κ3) is 4.78. The molecule has 1 fully saturated rings. The van der Waals surface area contributed by atoms with Gasteiger partial charge in [-0.05, 0) is 25.7 Å². The number of ether oxygens (including phenoxy) is 2. The molecule has 1 aliphatic heterocycles. The average molecular weight is 265 g/mol. The predicted molar refractivity (Wildman–Crippen MR) is 74.3 cm³/mol. The van der Waals surface area contributed by atoms with Crippen LogP contribution in [0.4, 0.5) is 0 Å². The monoisotopic (exact) mass is 265 g/mol. The summed E-state index contributed by atoms with van der Waals surface area (Å²) >= 11 is 0. The van der Waals surface area contributed by atoms with Crippen LogP contribution in [0.2, 0.25) is 0 Å². The zero-order chi connectivity index (χ0) is 13.5. The molecule has 0 radical (unpaired) electrons. The fourth-order valence-corrected chi connectivity index (χ4v) is 2.01. The summed E-state index contributed by atoms with van der Waals surface area (Å²) in [6.45, 7) is 7.12. The van der Waals surface area contributed by atoms with Gasteiger partial charge in [-0.2, -0.15) is 0 Å². The molecule has 1 aliphatic rings. The topological polar surface area (TPSA) is 46.6 Å². The van der Waals surface area contributed by atoms with E-state index in [0.717, 1.165) is 44.2 Å². The SMILES string of the molecule is CCNCc1ccc(OCC2CN(C)CCO2)cn1. The maximum absolute atomic E-state index is 5.72. The van der Waals surface area contributed by atoms with E-state index in [1.165, 1.54) is 0 Å². The largest absolute Gasteiger partial charge is 0.489 e. The second-order valence-corrected chi connectivity index (χ2v) is 4.83.